The third-order valence-electron chi connectivity index (χ3n) is 2.82. The maximum Gasteiger partial charge on any atom is 0.132 e. The van der Waals surface area contributed by atoms with Crippen LogP contribution in [0, 0.1) is 11.6 Å². The van der Waals surface area contributed by atoms with Gasteiger partial charge in [-0.25, -0.2) is 8.78 Å². The minimum atomic E-state index is -0.862. The van der Waals surface area contributed by atoms with Crippen LogP contribution in [0.3, 0.4) is 0 Å². The van der Waals surface area contributed by atoms with E-state index in [2.05, 4.69) is 21.0 Å². The molecule has 0 bridgehead atoms. The van der Waals surface area contributed by atoms with Crippen molar-refractivity contribution in [3.05, 3.63) is 51.8 Å². The summed E-state index contributed by atoms with van der Waals surface area (Å²) in [5.74, 6) is -1.33. The van der Waals surface area contributed by atoms with Gasteiger partial charge in [0, 0.05) is 28.3 Å². The second kappa shape index (κ2) is 5.79. The second-order valence-corrected chi connectivity index (χ2v) is 5.21. The molecule has 19 heavy (non-hydrogen) atoms. The van der Waals surface area contributed by atoms with Crippen LogP contribution in [0.15, 0.2) is 29.0 Å². The molecule has 0 spiro atoms. The number of nitrogens with zero attached hydrogens (tertiary/aromatic N) is 2. The van der Waals surface area contributed by atoms with Gasteiger partial charge in [-0.1, -0.05) is 22.9 Å². The Morgan fingerprint density at radius 1 is 1.37 bits per heavy atom. The van der Waals surface area contributed by atoms with Crippen molar-refractivity contribution in [1.29, 1.82) is 0 Å². The van der Waals surface area contributed by atoms with Crippen LogP contribution < -0.4 is 5.73 Å². The highest BCUT2D eigenvalue weighted by Crippen LogP contribution is 2.27. The molecule has 0 radical (unpaired) electrons. The van der Waals surface area contributed by atoms with Gasteiger partial charge in [-0.05, 0) is 18.6 Å². The predicted octanol–water partition coefficient (Wildman–Crippen LogP) is 3.38. The molecule has 1 aromatic heterocycles. The molecule has 1 atom stereocenters. The van der Waals surface area contributed by atoms with Gasteiger partial charge in [0.1, 0.15) is 11.6 Å². The van der Waals surface area contributed by atoms with Gasteiger partial charge in [0.15, 0.2) is 0 Å². The van der Waals surface area contributed by atoms with E-state index in [1.54, 1.807) is 17.1 Å². The highest BCUT2D eigenvalue weighted by molar-refractivity contribution is 9.10. The summed E-state index contributed by atoms with van der Waals surface area (Å²) in [5.41, 5.74) is 6.38. The normalized spacial score (nSPS) is 12.7. The van der Waals surface area contributed by atoms with Crippen LogP contribution in [-0.4, -0.2) is 9.78 Å². The molecular formula is C13H14BrF2N3. The summed E-state index contributed by atoms with van der Waals surface area (Å²) in [4.78, 5) is 0. The molecule has 1 aromatic carbocycles. The molecule has 0 saturated carbocycles. The summed E-state index contributed by atoms with van der Waals surface area (Å²) >= 11 is 3.04. The molecule has 0 aliphatic rings. The zero-order valence-corrected chi connectivity index (χ0v) is 12.0. The van der Waals surface area contributed by atoms with Crippen molar-refractivity contribution in [3.63, 3.8) is 0 Å². The van der Waals surface area contributed by atoms with E-state index in [4.69, 9.17) is 5.73 Å². The summed E-state index contributed by atoms with van der Waals surface area (Å²) in [5, 5.41) is 4.11. The lowest BCUT2D eigenvalue weighted by Crippen LogP contribution is -2.15. The molecule has 0 amide bonds. The molecule has 1 unspecified atom stereocenters. The van der Waals surface area contributed by atoms with Crippen LogP contribution >= 0.6 is 15.9 Å². The van der Waals surface area contributed by atoms with Gasteiger partial charge in [0.05, 0.1) is 12.2 Å². The van der Waals surface area contributed by atoms with E-state index in [1.165, 1.54) is 12.1 Å². The molecule has 0 fully saturated rings. The largest absolute Gasteiger partial charge is 0.320 e. The molecule has 2 N–H and O–H groups in total. The van der Waals surface area contributed by atoms with Gasteiger partial charge in [-0.15, -0.1) is 0 Å². The van der Waals surface area contributed by atoms with Crippen molar-refractivity contribution in [2.24, 2.45) is 5.73 Å². The fraction of sp³-hybridized carbons (Fsp3) is 0.308. The average Bonchev–Trinajstić information content (AvgIpc) is 2.76. The van der Waals surface area contributed by atoms with Crippen LogP contribution in [0.1, 0.15) is 30.5 Å². The second-order valence-electron chi connectivity index (χ2n) is 4.30. The van der Waals surface area contributed by atoms with E-state index in [-0.39, 0.29) is 5.56 Å². The lowest BCUT2D eigenvalue weighted by atomic mass is 10.0. The predicted molar refractivity (Wildman–Crippen MR) is 72.6 cm³/mol. The first-order valence-electron chi connectivity index (χ1n) is 5.95. The monoisotopic (exact) mass is 329 g/mol. The Balaban J connectivity index is 2.35. The van der Waals surface area contributed by atoms with Gasteiger partial charge in [-0.2, -0.15) is 5.10 Å². The smallest absolute Gasteiger partial charge is 0.132 e. The van der Waals surface area contributed by atoms with Gasteiger partial charge in [0.2, 0.25) is 0 Å². The van der Waals surface area contributed by atoms with E-state index in [0.717, 1.165) is 13.0 Å². The molecule has 0 aliphatic carbocycles. The molecule has 2 aromatic rings. The van der Waals surface area contributed by atoms with Crippen molar-refractivity contribution >= 4 is 15.9 Å². The Labute approximate surface area is 118 Å². The van der Waals surface area contributed by atoms with Gasteiger partial charge < -0.3 is 5.73 Å². The van der Waals surface area contributed by atoms with Crippen molar-refractivity contribution in [2.75, 3.05) is 0 Å². The Morgan fingerprint density at radius 3 is 2.58 bits per heavy atom. The molecular weight excluding hydrogens is 316 g/mol. The summed E-state index contributed by atoms with van der Waals surface area (Å²) in [7, 11) is 0. The molecule has 102 valence electrons. The van der Waals surface area contributed by atoms with Crippen molar-refractivity contribution in [2.45, 2.75) is 25.9 Å². The number of aryl methyl sites for hydroxylation is 1. The number of aromatic nitrogens is 2. The fourth-order valence-corrected chi connectivity index (χ4v) is 2.31. The van der Waals surface area contributed by atoms with Crippen molar-refractivity contribution < 1.29 is 8.78 Å². The molecule has 2 rings (SSSR count). The molecule has 0 aliphatic heterocycles. The first kappa shape index (κ1) is 14.1. The first-order valence-corrected chi connectivity index (χ1v) is 6.74. The zero-order valence-electron chi connectivity index (χ0n) is 10.4. The first-order chi connectivity index (χ1) is 9.02. The van der Waals surface area contributed by atoms with E-state index in [0.29, 0.717) is 10.0 Å². The Bertz CT molecular complexity index is 560. The van der Waals surface area contributed by atoms with Gasteiger partial charge in [0.25, 0.3) is 0 Å². The highest BCUT2D eigenvalue weighted by Gasteiger charge is 2.20. The van der Waals surface area contributed by atoms with Crippen LogP contribution in [0.2, 0.25) is 0 Å². The maximum atomic E-state index is 13.8. The number of hydrogen-bond acceptors (Lipinski definition) is 2. The fourth-order valence-electron chi connectivity index (χ4n) is 1.91. The van der Waals surface area contributed by atoms with Crippen molar-refractivity contribution in [1.82, 2.24) is 9.78 Å². The SMILES string of the molecule is CCCn1cc(C(N)c2c(F)cc(Br)cc2F)cn1. The average molecular weight is 330 g/mol. The summed E-state index contributed by atoms with van der Waals surface area (Å²) in [6, 6.07) is 1.54. The Morgan fingerprint density at radius 2 is 2.00 bits per heavy atom. The minimum Gasteiger partial charge on any atom is -0.320 e. The van der Waals surface area contributed by atoms with Crippen LogP contribution in [0.5, 0.6) is 0 Å². The van der Waals surface area contributed by atoms with Crippen LogP contribution in [-0.2, 0) is 6.54 Å². The van der Waals surface area contributed by atoms with E-state index in [1.807, 2.05) is 6.92 Å². The molecule has 0 saturated heterocycles. The summed E-state index contributed by atoms with van der Waals surface area (Å²) in [6.45, 7) is 2.77. The number of benzene rings is 1. The third-order valence-corrected chi connectivity index (χ3v) is 3.28. The lowest BCUT2D eigenvalue weighted by molar-refractivity contribution is 0.541. The molecule has 3 nitrogen and oxygen atoms in total. The lowest BCUT2D eigenvalue weighted by Gasteiger charge is -2.12. The number of hydrogen-bond donors (Lipinski definition) is 1. The van der Waals surface area contributed by atoms with Crippen LogP contribution in [0.4, 0.5) is 8.78 Å². The third kappa shape index (κ3) is 3.01. The van der Waals surface area contributed by atoms with E-state index in [9.17, 15) is 8.78 Å². The van der Waals surface area contributed by atoms with Gasteiger partial charge >= 0.3 is 0 Å². The maximum absolute atomic E-state index is 13.8. The Kier molecular flexibility index (Phi) is 4.31. The van der Waals surface area contributed by atoms with Crippen molar-refractivity contribution in [3.8, 4) is 0 Å². The highest BCUT2D eigenvalue weighted by atomic mass is 79.9. The zero-order chi connectivity index (χ0) is 14.0. The minimum absolute atomic E-state index is 0.140. The standard InChI is InChI=1S/C13H14BrF2N3/c1-2-3-19-7-8(6-18-19)13(17)12-10(15)4-9(14)5-11(12)16/h4-7,13H,2-3,17H2,1H3. The molecule has 6 heteroatoms. The molecule has 1 heterocycles. The number of halogens is 3. The topological polar surface area (TPSA) is 43.8 Å². The van der Waals surface area contributed by atoms with Gasteiger partial charge in [-0.3, -0.25) is 4.68 Å². The van der Waals surface area contributed by atoms with Crippen LogP contribution in [0.25, 0.3) is 0 Å². The number of nitrogens with two attached hydrogens (primary N) is 1. The van der Waals surface area contributed by atoms with E-state index < -0.39 is 17.7 Å². The quantitative estimate of drug-likeness (QED) is 0.934. The summed E-state index contributed by atoms with van der Waals surface area (Å²) in [6.07, 6.45) is 4.19. The summed E-state index contributed by atoms with van der Waals surface area (Å²) < 4.78 is 29.7. The number of rotatable bonds is 4. The Hall–Kier alpha value is -1.27. The van der Waals surface area contributed by atoms with E-state index >= 15 is 0 Å².